The molecule has 0 bridgehead atoms. The number of pyridine rings is 1. The Kier molecular flexibility index (Phi) is 4.44. The van der Waals surface area contributed by atoms with Gasteiger partial charge in [0.15, 0.2) is 0 Å². The number of nitrogens with zero attached hydrogens (tertiary/aromatic N) is 4. The molecule has 7 heteroatoms. The summed E-state index contributed by atoms with van der Waals surface area (Å²) in [6.07, 6.45) is 3.41. The Balaban J connectivity index is 2.01. The lowest BCUT2D eigenvalue weighted by molar-refractivity contribution is 0.963. The Bertz CT molecular complexity index is 1200. The summed E-state index contributed by atoms with van der Waals surface area (Å²) in [6, 6.07) is 8.04. The Hall–Kier alpha value is -2.00. The number of halogens is 1. The normalized spacial score (nSPS) is 11.4. The van der Waals surface area contributed by atoms with Crippen LogP contribution in [0.1, 0.15) is 11.1 Å². The molecule has 0 saturated heterocycles. The van der Waals surface area contributed by atoms with Crippen LogP contribution in [0.3, 0.4) is 0 Å². The Morgan fingerprint density at radius 2 is 2.04 bits per heavy atom. The fraction of sp³-hybridized carbons (Fsp3) is 0.211. The standard InChI is InChI=1S/C19H17IN4OS/c1-11-4-5-13(8-12(11)9-20)24-10-22-16-15-14(23(2)3)6-7-21-18(15)26-17(16)19(24)25/h4-8,10H,9H2,1-3H3. The molecule has 26 heavy (non-hydrogen) atoms. The number of aromatic nitrogens is 3. The number of thiophene rings is 1. The minimum atomic E-state index is -0.0500. The topological polar surface area (TPSA) is 51.0 Å². The second-order valence-electron chi connectivity index (χ2n) is 6.35. The lowest BCUT2D eigenvalue weighted by Gasteiger charge is -2.13. The van der Waals surface area contributed by atoms with Crippen LogP contribution in [0.2, 0.25) is 0 Å². The van der Waals surface area contributed by atoms with Gasteiger partial charge in [-0.25, -0.2) is 9.97 Å². The summed E-state index contributed by atoms with van der Waals surface area (Å²) >= 11 is 3.75. The van der Waals surface area contributed by atoms with Crippen molar-refractivity contribution < 1.29 is 0 Å². The fourth-order valence-electron chi connectivity index (χ4n) is 3.05. The van der Waals surface area contributed by atoms with Crippen LogP contribution < -0.4 is 10.5 Å². The van der Waals surface area contributed by atoms with Crippen LogP contribution in [-0.4, -0.2) is 28.6 Å². The van der Waals surface area contributed by atoms with Gasteiger partial charge in [-0.05, 0) is 36.2 Å². The molecule has 3 heterocycles. The highest BCUT2D eigenvalue weighted by Gasteiger charge is 2.17. The Morgan fingerprint density at radius 3 is 2.77 bits per heavy atom. The molecule has 0 fully saturated rings. The Labute approximate surface area is 168 Å². The van der Waals surface area contributed by atoms with Crippen LogP contribution in [-0.2, 0) is 4.43 Å². The first kappa shape index (κ1) is 17.4. The van der Waals surface area contributed by atoms with E-state index in [1.807, 2.05) is 31.1 Å². The molecule has 0 aliphatic heterocycles. The van der Waals surface area contributed by atoms with Crippen molar-refractivity contribution in [1.82, 2.24) is 14.5 Å². The van der Waals surface area contributed by atoms with Gasteiger partial charge in [0.1, 0.15) is 15.9 Å². The van der Waals surface area contributed by atoms with Gasteiger partial charge < -0.3 is 4.90 Å². The van der Waals surface area contributed by atoms with E-state index in [-0.39, 0.29) is 5.56 Å². The van der Waals surface area contributed by atoms with Gasteiger partial charge in [-0.1, -0.05) is 28.7 Å². The second kappa shape index (κ2) is 6.62. The average Bonchev–Trinajstić information content (AvgIpc) is 3.02. The van der Waals surface area contributed by atoms with Crippen LogP contribution in [0.4, 0.5) is 5.69 Å². The van der Waals surface area contributed by atoms with E-state index in [0.717, 1.165) is 31.5 Å². The van der Waals surface area contributed by atoms with E-state index in [2.05, 4.69) is 51.6 Å². The molecule has 4 rings (SSSR count). The Morgan fingerprint density at radius 1 is 1.23 bits per heavy atom. The van der Waals surface area contributed by atoms with Crippen molar-refractivity contribution >= 4 is 60.0 Å². The lowest BCUT2D eigenvalue weighted by Crippen LogP contribution is -2.18. The molecule has 0 unspecified atom stereocenters. The molecule has 3 aromatic heterocycles. The number of aryl methyl sites for hydroxylation is 1. The molecule has 0 aliphatic rings. The first-order chi connectivity index (χ1) is 12.5. The summed E-state index contributed by atoms with van der Waals surface area (Å²) in [6.45, 7) is 2.09. The first-order valence-corrected chi connectivity index (χ1v) is 10.5. The van der Waals surface area contributed by atoms with Crippen molar-refractivity contribution in [3.63, 3.8) is 0 Å². The SMILES string of the molecule is Cc1ccc(-n2cnc3c(sc4nccc(N(C)C)c43)c2=O)cc1CI. The molecular formula is C19H17IN4OS. The second-order valence-corrected chi connectivity index (χ2v) is 8.11. The van der Waals surface area contributed by atoms with Crippen molar-refractivity contribution in [3.8, 4) is 5.69 Å². The number of rotatable bonds is 3. The summed E-state index contributed by atoms with van der Waals surface area (Å²) in [5, 5.41) is 0.943. The molecule has 0 amide bonds. The van der Waals surface area contributed by atoms with E-state index in [0.29, 0.717) is 4.70 Å². The van der Waals surface area contributed by atoms with Crippen LogP contribution in [0.5, 0.6) is 0 Å². The van der Waals surface area contributed by atoms with E-state index in [4.69, 9.17) is 0 Å². The smallest absolute Gasteiger partial charge is 0.275 e. The molecule has 0 aliphatic carbocycles. The van der Waals surface area contributed by atoms with Gasteiger partial charge in [-0.2, -0.15) is 0 Å². The maximum absolute atomic E-state index is 13.2. The number of hydrogen-bond donors (Lipinski definition) is 0. The van der Waals surface area contributed by atoms with E-state index in [1.165, 1.54) is 22.5 Å². The van der Waals surface area contributed by atoms with Crippen molar-refractivity contribution in [1.29, 1.82) is 0 Å². The van der Waals surface area contributed by atoms with Gasteiger partial charge in [0, 0.05) is 24.7 Å². The van der Waals surface area contributed by atoms with Crippen molar-refractivity contribution in [2.45, 2.75) is 11.4 Å². The van der Waals surface area contributed by atoms with E-state index in [1.54, 1.807) is 17.1 Å². The fourth-order valence-corrected chi connectivity index (χ4v) is 4.91. The van der Waals surface area contributed by atoms with Gasteiger partial charge in [0.2, 0.25) is 0 Å². The summed E-state index contributed by atoms with van der Waals surface area (Å²) in [7, 11) is 3.97. The molecular weight excluding hydrogens is 459 g/mol. The number of anilines is 1. The van der Waals surface area contributed by atoms with Crippen LogP contribution in [0, 0.1) is 6.92 Å². The quantitative estimate of drug-likeness (QED) is 0.327. The maximum Gasteiger partial charge on any atom is 0.275 e. The van der Waals surface area contributed by atoms with Gasteiger partial charge in [-0.3, -0.25) is 9.36 Å². The highest BCUT2D eigenvalue weighted by Crippen LogP contribution is 2.35. The lowest BCUT2D eigenvalue weighted by atomic mass is 10.1. The highest BCUT2D eigenvalue weighted by molar-refractivity contribution is 14.1. The molecule has 0 atom stereocenters. The zero-order valence-corrected chi connectivity index (χ0v) is 17.6. The molecule has 0 N–H and O–H groups in total. The minimum absolute atomic E-state index is 0.0500. The number of alkyl halides is 1. The van der Waals surface area contributed by atoms with Crippen molar-refractivity contribution in [3.05, 3.63) is 58.3 Å². The molecule has 5 nitrogen and oxygen atoms in total. The predicted octanol–water partition coefficient (Wildman–Crippen LogP) is 4.30. The van der Waals surface area contributed by atoms with Crippen molar-refractivity contribution in [2.24, 2.45) is 0 Å². The number of hydrogen-bond acceptors (Lipinski definition) is 5. The number of benzene rings is 1. The van der Waals surface area contributed by atoms with Gasteiger partial charge >= 0.3 is 0 Å². The first-order valence-electron chi connectivity index (χ1n) is 8.13. The average molecular weight is 476 g/mol. The largest absolute Gasteiger partial charge is 0.377 e. The molecule has 132 valence electrons. The van der Waals surface area contributed by atoms with Crippen molar-refractivity contribution in [2.75, 3.05) is 19.0 Å². The highest BCUT2D eigenvalue weighted by atomic mass is 127. The molecule has 0 radical (unpaired) electrons. The van der Waals surface area contributed by atoms with Gasteiger partial charge in [0.25, 0.3) is 5.56 Å². The third-order valence-corrected chi connectivity index (χ3v) is 6.39. The molecule has 0 spiro atoms. The summed E-state index contributed by atoms with van der Waals surface area (Å²) in [4.78, 5) is 25.1. The van der Waals surface area contributed by atoms with Gasteiger partial charge in [-0.15, -0.1) is 11.3 Å². The van der Waals surface area contributed by atoms with E-state index < -0.39 is 0 Å². The summed E-state index contributed by atoms with van der Waals surface area (Å²) in [5.41, 5.74) is 5.00. The summed E-state index contributed by atoms with van der Waals surface area (Å²) in [5.74, 6) is 0. The zero-order valence-electron chi connectivity index (χ0n) is 14.7. The van der Waals surface area contributed by atoms with E-state index in [9.17, 15) is 4.79 Å². The van der Waals surface area contributed by atoms with Gasteiger partial charge in [0.05, 0.1) is 22.3 Å². The van der Waals surface area contributed by atoms with Crippen LogP contribution in [0.15, 0.2) is 41.6 Å². The monoisotopic (exact) mass is 476 g/mol. The molecule has 0 saturated carbocycles. The maximum atomic E-state index is 13.2. The predicted molar refractivity (Wildman–Crippen MR) is 117 cm³/mol. The van der Waals surface area contributed by atoms with Crippen LogP contribution >= 0.6 is 33.9 Å². The molecule has 4 aromatic rings. The minimum Gasteiger partial charge on any atom is -0.377 e. The summed E-state index contributed by atoms with van der Waals surface area (Å²) < 4.78 is 3.17. The molecule has 1 aromatic carbocycles. The third kappa shape index (κ3) is 2.69. The van der Waals surface area contributed by atoms with E-state index >= 15 is 0 Å². The van der Waals surface area contributed by atoms with Crippen LogP contribution in [0.25, 0.3) is 26.1 Å². The zero-order chi connectivity index (χ0) is 18.4. The third-order valence-electron chi connectivity index (χ3n) is 4.50. The number of fused-ring (bicyclic) bond motifs is 3.